The van der Waals surface area contributed by atoms with Crippen molar-refractivity contribution in [2.75, 3.05) is 5.32 Å². The minimum absolute atomic E-state index is 0.0619. The topological polar surface area (TPSA) is 72.0 Å². The largest absolute Gasteiger partial charge is 0.294 e. The molecule has 5 nitrogen and oxygen atoms in total. The van der Waals surface area contributed by atoms with Gasteiger partial charge in [0.15, 0.2) is 5.78 Å². The van der Waals surface area contributed by atoms with Crippen molar-refractivity contribution in [3.8, 4) is 0 Å². The Morgan fingerprint density at radius 2 is 2.00 bits per heavy atom. The van der Waals surface area contributed by atoms with Gasteiger partial charge in [-0.25, -0.2) is 9.97 Å². The van der Waals surface area contributed by atoms with E-state index in [1.165, 1.54) is 11.1 Å². The zero-order valence-electron chi connectivity index (χ0n) is 14.0. The number of thiophene rings is 1. The van der Waals surface area contributed by atoms with Crippen LogP contribution in [0.25, 0.3) is 0 Å². The Bertz CT molecular complexity index is 939. The Labute approximate surface area is 155 Å². The van der Waals surface area contributed by atoms with Crippen LogP contribution in [-0.2, 0) is 17.6 Å². The number of carbonyl (C=O) groups is 2. The van der Waals surface area contributed by atoms with E-state index in [-0.39, 0.29) is 30.0 Å². The second-order valence-electron chi connectivity index (χ2n) is 6.31. The molecule has 130 valence electrons. The summed E-state index contributed by atoms with van der Waals surface area (Å²) >= 11 is 1.66. The van der Waals surface area contributed by atoms with E-state index in [4.69, 9.17) is 0 Å². The third kappa shape index (κ3) is 3.55. The summed E-state index contributed by atoms with van der Waals surface area (Å²) in [7, 11) is 0. The molecule has 4 rings (SSSR count). The van der Waals surface area contributed by atoms with Gasteiger partial charge in [0.05, 0.1) is 17.7 Å². The van der Waals surface area contributed by atoms with E-state index < -0.39 is 0 Å². The number of nitrogens with zero attached hydrogens (tertiary/aromatic N) is 2. The summed E-state index contributed by atoms with van der Waals surface area (Å²) in [5.41, 5.74) is 2.21. The number of nitrogens with one attached hydrogen (secondary N) is 1. The van der Waals surface area contributed by atoms with Gasteiger partial charge in [0.25, 0.3) is 0 Å². The molecule has 0 radical (unpaired) electrons. The van der Waals surface area contributed by atoms with E-state index in [1.54, 1.807) is 11.3 Å². The minimum atomic E-state index is -0.173. The van der Waals surface area contributed by atoms with Gasteiger partial charge in [0.2, 0.25) is 11.9 Å². The number of hydrogen-bond donors (Lipinski definition) is 1. The first-order valence-corrected chi connectivity index (χ1v) is 9.33. The molecule has 1 aliphatic carbocycles. The fraction of sp³-hybridized carbons (Fsp3) is 0.200. The molecular weight excluding hydrogens is 346 g/mol. The standard InChI is InChI=1S/C20H17N3O2S/c24-17-11-14(18-7-4-8-26-18)10-16-15(17)12-21-20(22-16)23-19(25)9-13-5-2-1-3-6-13/h1-8,12,14H,9-11H2,(H,21,22,23,25)/t14-/m1/s1. The summed E-state index contributed by atoms with van der Waals surface area (Å²) in [5.74, 6) is 0.294. The third-order valence-electron chi connectivity index (χ3n) is 4.44. The highest BCUT2D eigenvalue weighted by molar-refractivity contribution is 7.10. The van der Waals surface area contributed by atoms with Crippen molar-refractivity contribution in [1.82, 2.24) is 9.97 Å². The van der Waals surface area contributed by atoms with Crippen molar-refractivity contribution >= 4 is 29.0 Å². The van der Waals surface area contributed by atoms with Gasteiger partial charge in [-0.3, -0.25) is 14.9 Å². The molecule has 2 aromatic heterocycles. The lowest BCUT2D eigenvalue weighted by Gasteiger charge is -2.22. The van der Waals surface area contributed by atoms with Crippen molar-refractivity contribution in [2.45, 2.75) is 25.2 Å². The van der Waals surface area contributed by atoms with Crippen LogP contribution in [-0.4, -0.2) is 21.7 Å². The van der Waals surface area contributed by atoms with Crippen LogP contribution in [0.2, 0.25) is 0 Å². The number of fused-ring (bicyclic) bond motifs is 1. The summed E-state index contributed by atoms with van der Waals surface area (Å²) in [6.45, 7) is 0. The van der Waals surface area contributed by atoms with Crippen LogP contribution in [0.15, 0.2) is 54.0 Å². The molecule has 0 spiro atoms. The molecule has 2 heterocycles. The second kappa shape index (κ2) is 7.17. The van der Waals surface area contributed by atoms with E-state index in [0.717, 1.165) is 5.56 Å². The SMILES string of the molecule is O=C(Cc1ccccc1)Nc1ncc2c(n1)C[C@@H](c1cccs1)CC2=O. The van der Waals surface area contributed by atoms with E-state index in [1.807, 2.05) is 41.8 Å². The molecule has 1 aromatic carbocycles. The van der Waals surface area contributed by atoms with E-state index in [2.05, 4.69) is 21.4 Å². The van der Waals surface area contributed by atoms with E-state index >= 15 is 0 Å². The first-order valence-electron chi connectivity index (χ1n) is 8.45. The number of hydrogen-bond acceptors (Lipinski definition) is 5. The van der Waals surface area contributed by atoms with Gasteiger partial charge in [-0.05, 0) is 23.4 Å². The summed E-state index contributed by atoms with van der Waals surface area (Å²) in [6.07, 6.45) is 2.97. The smallest absolute Gasteiger partial charge is 0.231 e. The molecule has 1 atom stereocenters. The minimum Gasteiger partial charge on any atom is -0.294 e. The van der Waals surface area contributed by atoms with Gasteiger partial charge in [0.1, 0.15) is 0 Å². The summed E-state index contributed by atoms with van der Waals surface area (Å²) < 4.78 is 0. The molecule has 1 N–H and O–H groups in total. The second-order valence-corrected chi connectivity index (χ2v) is 7.29. The van der Waals surface area contributed by atoms with Crippen molar-refractivity contribution in [1.29, 1.82) is 0 Å². The highest BCUT2D eigenvalue weighted by atomic mass is 32.1. The first-order chi connectivity index (χ1) is 12.7. The maximum Gasteiger partial charge on any atom is 0.231 e. The normalized spacial score (nSPS) is 16.2. The molecular formula is C20H17N3O2S. The zero-order chi connectivity index (χ0) is 17.9. The monoisotopic (exact) mass is 363 g/mol. The predicted molar refractivity (Wildman–Crippen MR) is 101 cm³/mol. The first kappa shape index (κ1) is 16.6. The van der Waals surface area contributed by atoms with Crippen LogP contribution < -0.4 is 5.32 Å². The van der Waals surface area contributed by atoms with E-state index in [0.29, 0.717) is 24.1 Å². The third-order valence-corrected chi connectivity index (χ3v) is 5.48. The van der Waals surface area contributed by atoms with Gasteiger partial charge in [-0.2, -0.15) is 0 Å². The Balaban J connectivity index is 1.50. The Morgan fingerprint density at radius 3 is 2.77 bits per heavy atom. The molecule has 1 amide bonds. The number of rotatable bonds is 4. The van der Waals surface area contributed by atoms with Crippen LogP contribution in [0.1, 0.15) is 38.8 Å². The summed E-state index contributed by atoms with van der Waals surface area (Å²) in [6, 6.07) is 13.6. The number of benzene rings is 1. The van der Waals surface area contributed by atoms with Crippen LogP contribution in [0, 0.1) is 0 Å². The van der Waals surface area contributed by atoms with Crippen molar-refractivity contribution in [2.24, 2.45) is 0 Å². The Morgan fingerprint density at radius 1 is 1.15 bits per heavy atom. The van der Waals surface area contributed by atoms with E-state index in [9.17, 15) is 9.59 Å². The number of anilines is 1. The predicted octanol–water partition coefficient (Wildman–Crippen LogP) is 3.63. The number of Topliss-reactive ketones (excluding diaryl/α,β-unsaturated/α-hetero) is 1. The molecule has 0 saturated carbocycles. The van der Waals surface area contributed by atoms with Crippen LogP contribution in [0.5, 0.6) is 0 Å². The fourth-order valence-corrected chi connectivity index (χ4v) is 4.01. The van der Waals surface area contributed by atoms with Gasteiger partial charge < -0.3 is 0 Å². The molecule has 26 heavy (non-hydrogen) atoms. The van der Waals surface area contributed by atoms with Gasteiger partial charge in [0, 0.05) is 23.4 Å². The maximum atomic E-state index is 12.4. The number of aromatic nitrogens is 2. The summed E-state index contributed by atoms with van der Waals surface area (Å²) in [5, 5.41) is 4.75. The maximum absolute atomic E-state index is 12.4. The molecule has 0 aliphatic heterocycles. The molecule has 6 heteroatoms. The van der Waals surface area contributed by atoms with Crippen LogP contribution in [0.3, 0.4) is 0 Å². The molecule has 0 saturated heterocycles. The molecule has 3 aromatic rings. The average Bonchev–Trinajstić information content (AvgIpc) is 3.17. The van der Waals surface area contributed by atoms with Gasteiger partial charge in [-0.15, -0.1) is 11.3 Å². The number of amides is 1. The lowest BCUT2D eigenvalue weighted by atomic mass is 9.86. The summed E-state index contributed by atoms with van der Waals surface area (Å²) in [4.78, 5) is 34.4. The van der Waals surface area contributed by atoms with Crippen LogP contribution in [0.4, 0.5) is 5.95 Å². The van der Waals surface area contributed by atoms with Gasteiger partial charge in [-0.1, -0.05) is 36.4 Å². The van der Waals surface area contributed by atoms with Crippen molar-refractivity contribution in [3.63, 3.8) is 0 Å². The lowest BCUT2D eigenvalue weighted by molar-refractivity contribution is -0.115. The van der Waals surface area contributed by atoms with Crippen LogP contribution >= 0.6 is 11.3 Å². The van der Waals surface area contributed by atoms with Crippen molar-refractivity contribution < 1.29 is 9.59 Å². The highest BCUT2D eigenvalue weighted by Crippen LogP contribution is 2.34. The molecule has 1 aliphatic rings. The van der Waals surface area contributed by atoms with Gasteiger partial charge >= 0.3 is 0 Å². The van der Waals surface area contributed by atoms with Crippen molar-refractivity contribution in [3.05, 3.63) is 75.7 Å². The molecule has 0 unspecified atom stereocenters. The average molecular weight is 363 g/mol. The highest BCUT2D eigenvalue weighted by Gasteiger charge is 2.28. The number of ketones is 1. The molecule has 0 bridgehead atoms. The molecule has 0 fully saturated rings. The lowest BCUT2D eigenvalue weighted by Crippen LogP contribution is -2.22. The Hall–Kier alpha value is -2.86. The Kier molecular flexibility index (Phi) is 4.58. The zero-order valence-corrected chi connectivity index (χ0v) is 14.8. The number of carbonyl (C=O) groups excluding carboxylic acids is 2. The fourth-order valence-electron chi connectivity index (χ4n) is 3.18. The quantitative estimate of drug-likeness (QED) is 0.768.